The maximum Gasteiger partial charge on any atom is 0.252 e. The average Bonchev–Trinajstić information content (AvgIpc) is 2.89. The molecule has 1 saturated heterocycles. The van der Waals surface area contributed by atoms with Gasteiger partial charge in [0.1, 0.15) is 4.21 Å². The lowest BCUT2D eigenvalue weighted by Crippen LogP contribution is -2.27. The van der Waals surface area contributed by atoms with E-state index in [4.69, 9.17) is 11.6 Å². The van der Waals surface area contributed by atoms with Crippen molar-refractivity contribution in [3.8, 4) is 0 Å². The van der Waals surface area contributed by atoms with Gasteiger partial charge in [-0.25, -0.2) is 8.42 Å². The smallest absolute Gasteiger partial charge is 0.206 e. The molecule has 0 atom stereocenters. The Morgan fingerprint density at radius 3 is 2.60 bits per heavy atom. The molecular formula is C9H12ClNO2S2. The van der Waals surface area contributed by atoms with Crippen molar-refractivity contribution in [1.82, 2.24) is 4.31 Å². The highest BCUT2D eigenvalue weighted by molar-refractivity contribution is 7.91. The number of hydrogen-bond acceptors (Lipinski definition) is 3. The van der Waals surface area contributed by atoms with Gasteiger partial charge in [-0.15, -0.1) is 22.9 Å². The molecule has 2 rings (SSSR count). The quantitative estimate of drug-likeness (QED) is 0.787. The van der Waals surface area contributed by atoms with Crippen molar-refractivity contribution in [3.63, 3.8) is 0 Å². The van der Waals surface area contributed by atoms with Crippen LogP contribution >= 0.6 is 22.9 Å². The predicted octanol–water partition coefficient (Wildman–Crippen LogP) is 2.27. The fourth-order valence-electron chi connectivity index (χ4n) is 1.61. The van der Waals surface area contributed by atoms with E-state index < -0.39 is 10.0 Å². The number of sulfonamides is 1. The maximum atomic E-state index is 12.1. The van der Waals surface area contributed by atoms with E-state index in [1.807, 2.05) is 0 Å². The lowest BCUT2D eigenvalue weighted by molar-refractivity contribution is 0.479. The van der Waals surface area contributed by atoms with E-state index in [-0.39, 0.29) is 0 Å². The molecule has 1 aliphatic rings. The molecule has 0 N–H and O–H groups in total. The van der Waals surface area contributed by atoms with Gasteiger partial charge in [-0.2, -0.15) is 4.31 Å². The van der Waals surface area contributed by atoms with Crippen molar-refractivity contribution in [2.45, 2.75) is 22.9 Å². The zero-order valence-corrected chi connectivity index (χ0v) is 10.5. The predicted molar refractivity (Wildman–Crippen MR) is 61.9 cm³/mol. The molecule has 0 unspecified atom stereocenters. The van der Waals surface area contributed by atoms with E-state index in [0.29, 0.717) is 23.2 Å². The third kappa shape index (κ3) is 2.20. The lowest BCUT2D eigenvalue weighted by Gasteiger charge is -2.13. The molecule has 15 heavy (non-hydrogen) atoms. The molecule has 0 bridgehead atoms. The molecule has 84 valence electrons. The van der Waals surface area contributed by atoms with Crippen LogP contribution in [0.15, 0.2) is 15.7 Å². The largest absolute Gasteiger partial charge is 0.252 e. The molecule has 1 aromatic heterocycles. The summed E-state index contributed by atoms with van der Waals surface area (Å²) in [7, 11) is -3.23. The number of alkyl halides is 1. The Labute approximate surface area is 98.7 Å². The monoisotopic (exact) mass is 265 g/mol. The summed E-state index contributed by atoms with van der Waals surface area (Å²) in [5.41, 5.74) is 0.874. The number of rotatable bonds is 3. The van der Waals surface area contributed by atoms with Crippen molar-refractivity contribution < 1.29 is 8.42 Å². The van der Waals surface area contributed by atoms with Crippen molar-refractivity contribution in [2.24, 2.45) is 0 Å². The summed E-state index contributed by atoms with van der Waals surface area (Å²) in [6, 6.07) is 1.67. The van der Waals surface area contributed by atoms with E-state index in [1.54, 1.807) is 15.8 Å². The Morgan fingerprint density at radius 2 is 2.07 bits per heavy atom. The van der Waals surface area contributed by atoms with Crippen LogP contribution in [0.25, 0.3) is 0 Å². The molecule has 0 amide bonds. The minimum absolute atomic E-state index is 0.367. The Bertz CT molecular complexity index is 435. The van der Waals surface area contributed by atoms with Gasteiger partial charge in [0.15, 0.2) is 0 Å². The molecule has 1 aromatic rings. The number of nitrogens with zero attached hydrogens (tertiary/aromatic N) is 1. The highest BCUT2D eigenvalue weighted by Gasteiger charge is 2.28. The van der Waals surface area contributed by atoms with Crippen LogP contribution in [0.2, 0.25) is 0 Å². The third-order valence-electron chi connectivity index (χ3n) is 2.44. The summed E-state index contributed by atoms with van der Waals surface area (Å²) < 4.78 is 26.1. The van der Waals surface area contributed by atoms with Gasteiger partial charge in [-0.1, -0.05) is 0 Å². The van der Waals surface area contributed by atoms with Gasteiger partial charge >= 0.3 is 0 Å². The van der Waals surface area contributed by atoms with Crippen molar-refractivity contribution >= 4 is 33.0 Å². The summed E-state index contributed by atoms with van der Waals surface area (Å²) in [6.45, 7) is 1.30. The van der Waals surface area contributed by atoms with E-state index in [1.165, 1.54) is 11.3 Å². The van der Waals surface area contributed by atoms with Gasteiger partial charge in [0, 0.05) is 19.0 Å². The summed E-state index contributed by atoms with van der Waals surface area (Å²) in [5, 5.41) is 1.80. The Hall–Kier alpha value is -0.100. The molecule has 0 aliphatic carbocycles. The first-order valence-electron chi connectivity index (χ1n) is 4.78. The number of thiophene rings is 1. The van der Waals surface area contributed by atoms with E-state index in [9.17, 15) is 8.42 Å². The summed E-state index contributed by atoms with van der Waals surface area (Å²) >= 11 is 6.90. The highest BCUT2D eigenvalue weighted by atomic mass is 35.5. The molecule has 2 heterocycles. The van der Waals surface area contributed by atoms with Crippen LogP contribution in [0, 0.1) is 0 Å². The first kappa shape index (κ1) is 11.4. The van der Waals surface area contributed by atoms with Crippen molar-refractivity contribution in [3.05, 3.63) is 17.0 Å². The molecule has 0 saturated carbocycles. The lowest BCUT2D eigenvalue weighted by atomic mass is 10.4. The summed E-state index contributed by atoms with van der Waals surface area (Å²) in [4.78, 5) is 0. The zero-order chi connectivity index (χ0) is 10.9. The van der Waals surface area contributed by atoms with Crippen LogP contribution in [0.4, 0.5) is 0 Å². The zero-order valence-electron chi connectivity index (χ0n) is 8.15. The maximum absolute atomic E-state index is 12.1. The second-order valence-electron chi connectivity index (χ2n) is 3.52. The van der Waals surface area contributed by atoms with E-state index in [2.05, 4.69) is 0 Å². The molecule has 0 spiro atoms. The summed E-state index contributed by atoms with van der Waals surface area (Å²) in [5.74, 6) is 0.367. The molecule has 3 nitrogen and oxygen atoms in total. The van der Waals surface area contributed by atoms with Gasteiger partial charge in [0.25, 0.3) is 10.0 Å². The number of halogens is 1. The topological polar surface area (TPSA) is 37.4 Å². The van der Waals surface area contributed by atoms with Crippen LogP contribution < -0.4 is 0 Å². The fraction of sp³-hybridized carbons (Fsp3) is 0.556. The van der Waals surface area contributed by atoms with Gasteiger partial charge < -0.3 is 0 Å². The Kier molecular flexibility index (Phi) is 3.35. The molecule has 1 aliphatic heterocycles. The van der Waals surface area contributed by atoms with Gasteiger partial charge in [-0.05, 0) is 29.9 Å². The molecule has 1 fully saturated rings. The summed E-state index contributed by atoms with van der Waals surface area (Å²) in [6.07, 6.45) is 1.93. The van der Waals surface area contributed by atoms with Crippen LogP contribution in [0.1, 0.15) is 18.4 Å². The molecule has 0 radical (unpaired) electrons. The van der Waals surface area contributed by atoms with Crippen LogP contribution in [0.3, 0.4) is 0 Å². The SMILES string of the molecule is O=S(=O)(c1cc(CCl)cs1)N1CCCC1. The van der Waals surface area contributed by atoms with Crippen LogP contribution in [-0.2, 0) is 15.9 Å². The second-order valence-corrected chi connectivity index (χ2v) is 6.86. The van der Waals surface area contributed by atoms with Gasteiger partial charge in [0.05, 0.1) is 0 Å². The van der Waals surface area contributed by atoms with Gasteiger partial charge in [0.2, 0.25) is 0 Å². The molecule has 0 aromatic carbocycles. The molecule has 6 heteroatoms. The van der Waals surface area contributed by atoms with Crippen LogP contribution in [0.5, 0.6) is 0 Å². The van der Waals surface area contributed by atoms with Gasteiger partial charge in [-0.3, -0.25) is 0 Å². The number of hydrogen-bond donors (Lipinski definition) is 0. The Morgan fingerprint density at radius 1 is 1.40 bits per heavy atom. The van der Waals surface area contributed by atoms with Crippen molar-refractivity contribution in [2.75, 3.05) is 13.1 Å². The first-order chi connectivity index (χ1) is 7.14. The minimum atomic E-state index is -3.23. The fourth-order valence-corrected chi connectivity index (χ4v) is 4.74. The van der Waals surface area contributed by atoms with E-state index in [0.717, 1.165) is 18.4 Å². The average molecular weight is 266 g/mol. The Balaban J connectivity index is 2.28. The van der Waals surface area contributed by atoms with E-state index >= 15 is 0 Å². The molecular weight excluding hydrogens is 254 g/mol. The third-order valence-corrected chi connectivity index (χ3v) is 6.11. The minimum Gasteiger partial charge on any atom is -0.206 e. The second kappa shape index (κ2) is 4.41. The highest BCUT2D eigenvalue weighted by Crippen LogP contribution is 2.26. The standard InChI is InChI=1S/C9H12ClNO2S2/c10-6-8-5-9(14-7-8)15(12,13)11-3-1-2-4-11/h5,7H,1-4,6H2. The first-order valence-corrected chi connectivity index (χ1v) is 7.63. The normalized spacial score (nSPS) is 18.5. The van der Waals surface area contributed by atoms with Crippen LogP contribution in [-0.4, -0.2) is 25.8 Å². The van der Waals surface area contributed by atoms with Crippen molar-refractivity contribution in [1.29, 1.82) is 0 Å².